The zero-order valence-electron chi connectivity index (χ0n) is 17.6. The van der Waals surface area contributed by atoms with Gasteiger partial charge in [-0.05, 0) is 50.6 Å². The number of rotatable bonds is 8. The van der Waals surface area contributed by atoms with Crippen molar-refractivity contribution in [3.63, 3.8) is 0 Å². The molecule has 0 aliphatic carbocycles. The maximum atomic E-state index is 12.1. The molecule has 0 amide bonds. The Hall–Kier alpha value is -2.25. The van der Waals surface area contributed by atoms with Gasteiger partial charge in [0, 0.05) is 15.6 Å². The molecule has 0 saturated carbocycles. The third kappa shape index (κ3) is 4.57. The predicted octanol–water partition coefficient (Wildman–Crippen LogP) is 4.89. The van der Waals surface area contributed by atoms with Gasteiger partial charge >= 0.3 is 5.97 Å². The van der Waals surface area contributed by atoms with Gasteiger partial charge in [0.2, 0.25) is 0 Å². The van der Waals surface area contributed by atoms with E-state index in [1.165, 1.54) is 0 Å². The maximum Gasteiger partial charge on any atom is 0.320 e. The lowest BCUT2D eigenvalue weighted by molar-refractivity contribution is -0.145. The van der Waals surface area contributed by atoms with Crippen molar-refractivity contribution in [3.05, 3.63) is 52.0 Å². The first kappa shape index (κ1) is 22.4. The summed E-state index contributed by atoms with van der Waals surface area (Å²) in [5.41, 5.74) is 1.75. The molecule has 0 aromatic heterocycles. The Labute approximate surface area is 185 Å². The monoisotopic (exact) mass is 477 g/mol. The van der Waals surface area contributed by atoms with Crippen LogP contribution in [0.5, 0.6) is 17.2 Å². The normalized spacial score (nSPS) is 17.9. The van der Waals surface area contributed by atoms with Crippen molar-refractivity contribution < 1.29 is 24.1 Å². The fourth-order valence-electron chi connectivity index (χ4n) is 4.20. The molecule has 2 unspecified atom stereocenters. The van der Waals surface area contributed by atoms with Crippen molar-refractivity contribution in [2.45, 2.75) is 38.3 Å². The molecule has 1 N–H and O–H groups in total. The van der Waals surface area contributed by atoms with Gasteiger partial charge in [-0.1, -0.05) is 34.5 Å². The summed E-state index contributed by atoms with van der Waals surface area (Å²) in [6.07, 6.45) is 2.44. The number of halogens is 1. The second-order valence-corrected chi connectivity index (χ2v) is 8.10. The number of piperidine rings is 1. The van der Waals surface area contributed by atoms with Crippen LogP contribution in [0.1, 0.15) is 43.4 Å². The minimum atomic E-state index is -0.811. The molecule has 1 saturated heterocycles. The zero-order chi connectivity index (χ0) is 21.7. The molecule has 30 heavy (non-hydrogen) atoms. The van der Waals surface area contributed by atoms with Crippen LogP contribution < -0.4 is 14.2 Å². The summed E-state index contributed by atoms with van der Waals surface area (Å²) in [6, 6.07) is 10.6. The smallest absolute Gasteiger partial charge is 0.320 e. The van der Waals surface area contributed by atoms with E-state index in [2.05, 4.69) is 15.9 Å². The van der Waals surface area contributed by atoms with Crippen LogP contribution in [0.4, 0.5) is 0 Å². The molecule has 162 valence electrons. The fraction of sp³-hybridized carbons (Fsp3) is 0.435. The summed E-state index contributed by atoms with van der Waals surface area (Å²) in [6.45, 7) is 3.12. The number of carboxylic acids is 1. The molecule has 3 rings (SSSR count). The lowest BCUT2D eigenvalue weighted by Gasteiger charge is -2.40. The zero-order valence-corrected chi connectivity index (χ0v) is 19.1. The van der Waals surface area contributed by atoms with Crippen LogP contribution in [-0.4, -0.2) is 49.4 Å². The highest BCUT2D eigenvalue weighted by atomic mass is 79.9. The maximum absolute atomic E-state index is 12.1. The Morgan fingerprint density at radius 1 is 1.17 bits per heavy atom. The highest BCUT2D eigenvalue weighted by molar-refractivity contribution is 9.10. The van der Waals surface area contributed by atoms with E-state index in [0.29, 0.717) is 31.1 Å². The molecule has 1 aliphatic heterocycles. The van der Waals surface area contributed by atoms with Crippen LogP contribution in [0.15, 0.2) is 40.9 Å². The summed E-state index contributed by atoms with van der Waals surface area (Å²) < 4.78 is 18.1. The van der Waals surface area contributed by atoms with Crippen molar-refractivity contribution in [2.75, 3.05) is 27.4 Å². The van der Waals surface area contributed by atoms with Crippen LogP contribution in [0.2, 0.25) is 0 Å². The Morgan fingerprint density at radius 3 is 2.63 bits per heavy atom. The second-order valence-electron chi connectivity index (χ2n) is 7.19. The Balaban J connectivity index is 2.26. The van der Waals surface area contributed by atoms with Crippen LogP contribution >= 0.6 is 15.9 Å². The molecular weight excluding hydrogens is 450 g/mol. The largest absolute Gasteiger partial charge is 0.494 e. The van der Waals surface area contributed by atoms with Crippen LogP contribution in [-0.2, 0) is 4.79 Å². The minimum absolute atomic E-state index is 0.365. The number of carbonyl (C=O) groups is 1. The van der Waals surface area contributed by atoms with Gasteiger partial charge in [0.05, 0.1) is 26.9 Å². The molecule has 0 bridgehead atoms. The summed E-state index contributed by atoms with van der Waals surface area (Å²) in [5, 5.41) is 9.97. The lowest BCUT2D eigenvalue weighted by atomic mass is 9.90. The number of nitrogens with zero attached hydrogens (tertiary/aromatic N) is 1. The quantitative estimate of drug-likeness (QED) is 0.583. The topological polar surface area (TPSA) is 68.2 Å². The van der Waals surface area contributed by atoms with Crippen molar-refractivity contribution >= 4 is 21.9 Å². The van der Waals surface area contributed by atoms with Crippen molar-refractivity contribution in [1.29, 1.82) is 0 Å². The number of benzene rings is 2. The Morgan fingerprint density at radius 2 is 1.97 bits per heavy atom. The Bertz CT molecular complexity index is 888. The van der Waals surface area contributed by atoms with Gasteiger partial charge in [0.15, 0.2) is 11.5 Å². The van der Waals surface area contributed by atoms with Gasteiger partial charge < -0.3 is 19.3 Å². The van der Waals surface area contributed by atoms with E-state index >= 15 is 0 Å². The first-order chi connectivity index (χ1) is 14.5. The second kappa shape index (κ2) is 10.2. The predicted molar refractivity (Wildman–Crippen MR) is 119 cm³/mol. The molecule has 2 aromatic rings. The fourth-order valence-corrected chi connectivity index (χ4v) is 4.58. The number of para-hydroxylation sites is 1. The summed E-state index contributed by atoms with van der Waals surface area (Å²) in [4.78, 5) is 14.2. The molecule has 1 aliphatic rings. The van der Waals surface area contributed by atoms with E-state index < -0.39 is 12.0 Å². The van der Waals surface area contributed by atoms with E-state index in [1.807, 2.05) is 48.2 Å². The third-order valence-electron chi connectivity index (χ3n) is 5.46. The first-order valence-corrected chi connectivity index (χ1v) is 10.9. The Kier molecular flexibility index (Phi) is 7.61. The van der Waals surface area contributed by atoms with Crippen LogP contribution in [0, 0.1) is 0 Å². The van der Waals surface area contributed by atoms with E-state index in [1.54, 1.807) is 14.2 Å². The summed E-state index contributed by atoms with van der Waals surface area (Å²) >= 11 is 3.57. The molecule has 2 aromatic carbocycles. The SMILES string of the molecule is CCOc1ccc(Br)cc1C(c1cccc(OC)c1OC)N1CCCCC1C(=O)O. The van der Waals surface area contributed by atoms with E-state index in [-0.39, 0.29) is 6.04 Å². The number of methoxy groups -OCH3 is 2. The number of ether oxygens (including phenoxy) is 3. The van der Waals surface area contributed by atoms with Crippen molar-refractivity contribution in [1.82, 2.24) is 4.90 Å². The molecule has 1 fully saturated rings. The molecule has 2 atom stereocenters. The molecule has 6 nitrogen and oxygen atoms in total. The molecule has 0 radical (unpaired) electrons. The molecule has 7 heteroatoms. The highest BCUT2D eigenvalue weighted by Crippen LogP contribution is 2.45. The highest BCUT2D eigenvalue weighted by Gasteiger charge is 2.38. The molecule has 1 heterocycles. The van der Waals surface area contributed by atoms with Gasteiger partial charge in [-0.15, -0.1) is 0 Å². The number of likely N-dealkylation sites (tertiary alicyclic amines) is 1. The summed E-state index contributed by atoms with van der Waals surface area (Å²) in [7, 11) is 3.20. The number of hydrogen-bond donors (Lipinski definition) is 1. The lowest BCUT2D eigenvalue weighted by Crippen LogP contribution is -2.47. The van der Waals surface area contributed by atoms with Gasteiger partial charge in [-0.3, -0.25) is 9.69 Å². The van der Waals surface area contributed by atoms with E-state index in [9.17, 15) is 9.90 Å². The number of hydrogen-bond acceptors (Lipinski definition) is 5. The molecular formula is C23H28BrNO5. The standard InChI is InChI=1S/C23H28BrNO5/c1-4-30-19-12-11-15(24)14-17(19)21(25-13-6-5-9-18(25)23(26)27)16-8-7-10-20(28-2)22(16)29-3/h7-8,10-12,14,18,21H,4-6,9,13H2,1-3H3,(H,26,27). The van der Waals surface area contributed by atoms with Crippen LogP contribution in [0.25, 0.3) is 0 Å². The summed E-state index contributed by atoms with van der Waals surface area (Å²) in [5.74, 6) is 1.12. The number of carboxylic acid groups (broad SMARTS) is 1. The van der Waals surface area contributed by atoms with Crippen molar-refractivity contribution in [3.8, 4) is 17.2 Å². The molecule has 0 spiro atoms. The van der Waals surface area contributed by atoms with Gasteiger partial charge in [-0.25, -0.2) is 0 Å². The van der Waals surface area contributed by atoms with E-state index in [0.717, 1.165) is 34.2 Å². The average molecular weight is 478 g/mol. The first-order valence-electron chi connectivity index (χ1n) is 10.1. The minimum Gasteiger partial charge on any atom is -0.494 e. The van der Waals surface area contributed by atoms with Crippen LogP contribution in [0.3, 0.4) is 0 Å². The van der Waals surface area contributed by atoms with Gasteiger partial charge in [0.1, 0.15) is 11.8 Å². The number of aliphatic carboxylic acids is 1. The average Bonchev–Trinajstić information content (AvgIpc) is 2.75. The van der Waals surface area contributed by atoms with Gasteiger partial charge in [0.25, 0.3) is 0 Å². The van der Waals surface area contributed by atoms with Crippen molar-refractivity contribution in [2.24, 2.45) is 0 Å². The van der Waals surface area contributed by atoms with E-state index in [4.69, 9.17) is 14.2 Å². The van der Waals surface area contributed by atoms with Gasteiger partial charge in [-0.2, -0.15) is 0 Å². The third-order valence-corrected chi connectivity index (χ3v) is 5.95.